The zero-order chi connectivity index (χ0) is 10.7. The van der Waals surface area contributed by atoms with Gasteiger partial charge in [-0.1, -0.05) is 11.3 Å². The average molecular weight is 236 g/mol. The normalized spacial score (nSPS) is 9.87. The monoisotopic (exact) mass is 236 g/mol. The zero-order valence-corrected chi connectivity index (χ0v) is 9.65. The number of nitrogens with one attached hydrogen (secondary N) is 1. The minimum absolute atomic E-state index is 0.699. The second-order valence-electron chi connectivity index (χ2n) is 2.72. The summed E-state index contributed by atoms with van der Waals surface area (Å²) in [5, 5.41) is 21.5. The van der Waals surface area contributed by atoms with Gasteiger partial charge in [0.25, 0.3) is 0 Å². The number of nitriles is 1. The van der Waals surface area contributed by atoms with E-state index in [1.165, 1.54) is 22.7 Å². The van der Waals surface area contributed by atoms with Gasteiger partial charge in [-0.3, -0.25) is 0 Å². The highest BCUT2D eigenvalue weighted by molar-refractivity contribution is 7.23. The Kier molecular flexibility index (Phi) is 2.94. The van der Waals surface area contributed by atoms with Crippen LogP contribution in [0.4, 0.5) is 5.13 Å². The Morgan fingerprint density at radius 1 is 1.40 bits per heavy atom. The van der Waals surface area contributed by atoms with Crippen LogP contribution in [0, 0.1) is 11.3 Å². The lowest BCUT2D eigenvalue weighted by Gasteiger charge is -1.91. The molecule has 0 aromatic carbocycles. The summed E-state index contributed by atoms with van der Waals surface area (Å²) in [4.78, 5) is 1.69. The lowest BCUT2D eigenvalue weighted by atomic mass is 10.4. The van der Waals surface area contributed by atoms with Gasteiger partial charge >= 0.3 is 0 Å². The molecule has 0 aliphatic heterocycles. The Bertz CT molecular complexity index is 494. The van der Waals surface area contributed by atoms with Crippen molar-refractivity contribution in [2.24, 2.45) is 0 Å². The molecule has 2 aromatic rings. The van der Waals surface area contributed by atoms with Crippen LogP contribution in [-0.4, -0.2) is 16.7 Å². The van der Waals surface area contributed by atoms with Crippen LogP contribution >= 0.6 is 22.7 Å². The molecular formula is C9H8N4S2. The zero-order valence-electron chi connectivity index (χ0n) is 8.02. The molecule has 0 amide bonds. The first-order valence-electron chi connectivity index (χ1n) is 4.41. The Hall–Kier alpha value is -1.45. The molecule has 0 bridgehead atoms. The van der Waals surface area contributed by atoms with Crippen LogP contribution in [0.5, 0.6) is 0 Å². The summed E-state index contributed by atoms with van der Waals surface area (Å²) in [6, 6.07) is 5.81. The number of thiophene rings is 1. The Balaban J connectivity index is 2.25. The summed E-state index contributed by atoms with van der Waals surface area (Å²) in [5.74, 6) is 0. The SMILES string of the molecule is CCNc1nnc(-c2ccc(C#N)s2)s1. The first-order valence-corrected chi connectivity index (χ1v) is 6.04. The van der Waals surface area contributed by atoms with Crippen molar-refractivity contribution >= 4 is 27.8 Å². The Labute approximate surface area is 95.2 Å². The van der Waals surface area contributed by atoms with E-state index in [2.05, 4.69) is 21.6 Å². The van der Waals surface area contributed by atoms with Crippen LogP contribution in [0.1, 0.15) is 11.8 Å². The van der Waals surface area contributed by atoms with Gasteiger partial charge < -0.3 is 5.32 Å². The summed E-state index contributed by atoms with van der Waals surface area (Å²) in [7, 11) is 0. The standard InChI is InChI=1S/C9H8N4S2/c1-2-11-9-13-12-8(15-9)7-4-3-6(5-10)14-7/h3-4H,2H2,1H3,(H,11,13). The number of aromatic nitrogens is 2. The minimum Gasteiger partial charge on any atom is -0.360 e. The Morgan fingerprint density at radius 3 is 2.93 bits per heavy atom. The molecule has 0 aliphatic carbocycles. The molecule has 4 nitrogen and oxygen atoms in total. The fraction of sp³-hybridized carbons (Fsp3) is 0.222. The van der Waals surface area contributed by atoms with Crippen LogP contribution in [0.15, 0.2) is 12.1 Å². The fourth-order valence-corrected chi connectivity index (χ4v) is 2.72. The molecule has 0 unspecified atom stereocenters. The van der Waals surface area contributed by atoms with E-state index in [1.807, 2.05) is 13.0 Å². The molecule has 2 rings (SSSR count). The quantitative estimate of drug-likeness (QED) is 0.889. The largest absolute Gasteiger partial charge is 0.360 e. The summed E-state index contributed by atoms with van der Waals surface area (Å²) in [6.45, 7) is 2.85. The molecule has 2 heterocycles. The van der Waals surface area contributed by atoms with E-state index < -0.39 is 0 Å². The molecular weight excluding hydrogens is 228 g/mol. The first kappa shape index (κ1) is 10.1. The van der Waals surface area contributed by atoms with E-state index in [0.717, 1.165) is 21.6 Å². The molecule has 2 aromatic heterocycles. The van der Waals surface area contributed by atoms with E-state index in [-0.39, 0.29) is 0 Å². The maximum Gasteiger partial charge on any atom is 0.206 e. The molecule has 0 spiro atoms. The molecule has 0 atom stereocenters. The number of hydrogen-bond donors (Lipinski definition) is 1. The van der Waals surface area contributed by atoms with Crippen molar-refractivity contribution in [1.82, 2.24) is 10.2 Å². The van der Waals surface area contributed by atoms with E-state index in [0.29, 0.717) is 4.88 Å². The highest BCUT2D eigenvalue weighted by atomic mass is 32.1. The lowest BCUT2D eigenvalue weighted by Crippen LogP contribution is -1.94. The fourth-order valence-electron chi connectivity index (χ4n) is 1.06. The molecule has 0 saturated heterocycles. The van der Waals surface area contributed by atoms with Crippen LogP contribution in [-0.2, 0) is 0 Å². The van der Waals surface area contributed by atoms with Gasteiger partial charge in [-0.25, -0.2) is 0 Å². The van der Waals surface area contributed by atoms with E-state index in [4.69, 9.17) is 5.26 Å². The molecule has 0 saturated carbocycles. The molecule has 6 heteroatoms. The van der Waals surface area contributed by atoms with Gasteiger partial charge in [-0.2, -0.15) is 5.26 Å². The summed E-state index contributed by atoms with van der Waals surface area (Å²) < 4.78 is 0. The maximum atomic E-state index is 8.70. The minimum atomic E-state index is 0.699. The van der Waals surface area contributed by atoms with E-state index in [1.54, 1.807) is 6.07 Å². The number of anilines is 1. The van der Waals surface area contributed by atoms with Gasteiger partial charge in [-0.05, 0) is 19.1 Å². The van der Waals surface area contributed by atoms with Crippen molar-refractivity contribution in [2.75, 3.05) is 11.9 Å². The molecule has 0 radical (unpaired) electrons. The van der Waals surface area contributed by atoms with Gasteiger partial charge in [0.2, 0.25) is 5.13 Å². The van der Waals surface area contributed by atoms with Crippen LogP contribution in [0.3, 0.4) is 0 Å². The van der Waals surface area contributed by atoms with Crippen molar-refractivity contribution in [3.05, 3.63) is 17.0 Å². The summed E-state index contributed by atoms with van der Waals surface area (Å²) >= 11 is 2.94. The number of rotatable bonds is 3. The average Bonchev–Trinajstić information content (AvgIpc) is 2.85. The maximum absolute atomic E-state index is 8.70. The lowest BCUT2D eigenvalue weighted by molar-refractivity contribution is 1.07. The van der Waals surface area contributed by atoms with Crippen molar-refractivity contribution < 1.29 is 0 Å². The van der Waals surface area contributed by atoms with Gasteiger partial charge in [0, 0.05) is 6.54 Å². The molecule has 15 heavy (non-hydrogen) atoms. The highest BCUT2D eigenvalue weighted by Gasteiger charge is 2.08. The van der Waals surface area contributed by atoms with Crippen LogP contribution in [0.2, 0.25) is 0 Å². The van der Waals surface area contributed by atoms with Crippen LogP contribution < -0.4 is 5.32 Å². The van der Waals surface area contributed by atoms with Gasteiger partial charge in [0.15, 0.2) is 5.01 Å². The predicted molar refractivity (Wildman–Crippen MR) is 62.1 cm³/mol. The molecule has 0 aliphatic rings. The summed E-state index contributed by atoms with van der Waals surface area (Å²) in [6.07, 6.45) is 0. The van der Waals surface area contributed by atoms with Crippen molar-refractivity contribution in [3.8, 4) is 16.0 Å². The third-order valence-corrected chi connectivity index (χ3v) is 3.72. The molecule has 1 N–H and O–H groups in total. The predicted octanol–water partition coefficient (Wildman–Crippen LogP) is 2.57. The van der Waals surface area contributed by atoms with Crippen molar-refractivity contribution in [2.45, 2.75) is 6.92 Å². The third-order valence-electron chi connectivity index (χ3n) is 1.68. The number of hydrogen-bond acceptors (Lipinski definition) is 6. The van der Waals surface area contributed by atoms with Crippen LogP contribution in [0.25, 0.3) is 9.88 Å². The van der Waals surface area contributed by atoms with Gasteiger partial charge in [-0.15, -0.1) is 21.5 Å². The van der Waals surface area contributed by atoms with Gasteiger partial charge in [0.1, 0.15) is 10.9 Å². The second kappa shape index (κ2) is 4.38. The number of nitrogens with zero attached hydrogens (tertiary/aromatic N) is 3. The topological polar surface area (TPSA) is 61.6 Å². The summed E-state index contributed by atoms with van der Waals surface area (Å²) in [5.41, 5.74) is 0. The van der Waals surface area contributed by atoms with E-state index in [9.17, 15) is 0 Å². The van der Waals surface area contributed by atoms with Crippen molar-refractivity contribution in [1.29, 1.82) is 5.26 Å². The highest BCUT2D eigenvalue weighted by Crippen LogP contribution is 2.31. The third kappa shape index (κ3) is 2.14. The van der Waals surface area contributed by atoms with Crippen molar-refractivity contribution in [3.63, 3.8) is 0 Å². The Morgan fingerprint density at radius 2 is 2.27 bits per heavy atom. The smallest absolute Gasteiger partial charge is 0.206 e. The second-order valence-corrected chi connectivity index (χ2v) is 4.78. The molecule has 0 fully saturated rings. The van der Waals surface area contributed by atoms with Gasteiger partial charge in [0.05, 0.1) is 4.88 Å². The van der Waals surface area contributed by atoms with E-state index >= 15 is 0 Å². The molecule has 76 valence electrons. The first-order chi connectivity index (χ1) is 7.33.